The van der Waals surface area contributed by atoms with E-state index in [0.717, 1.165) is 12.8 Å². The highest BCUT2D eigenvalue weighted by atomic mass is 35.5. The summed E-state index contributed by atoms with van der Waals surface area (Å²) in [5.74, 6) is 1.07. The second-order valence-electron chi connectivity index (χ2n) is 6.06. The van der Waals surface area contributed by atoms with Crippen LogP contribution in [0.25, 0.3) is 0 Å². The molecule has 0 bridgehead atoms. The fourth-order valence-electron chi connectivity index (χ4n) is 2.93. The number of amides is 1. The van der Waals surface area contributed by atoms with Crippen molar-refractivity contribution in [3.8, 4) is 11.5 Å². The fraction of sp³-hybridized carbons (Fsp3) is 0.389. The number of benzene rings is 1. The Kier molecular flexibility index (Phi) is 5.78. The average molecular weight is 377 g/mol. The number of hydrogen-bond acceptors (Lipinski definition) is 6. The maximum atomic E-state index is 12.5. The third-order valence-electron chi connectivity index (χ3n) is 4.32. The van der Waals surface area contributed by atoms with Crippen molar-refractivity contribution in [3.05, 3.63) is 35.1 Å². The number of aromatic nitrogens is 2. The van der Waals surface area contributed by atoms with Gasteiger partial charge in [-0.15, -0.1) is 0 Å². The first kappa shape index (κ1) is 18.3. The summed E-state index contributed by atoms with van der Waals surface area (Å²) in [7, 11) is 3.00. The van der Waals surface area contributed by atoms with Crippen LogP contribution in [0.2, 0.25) is 5.02 Å². The molecular weight excluding hydrogens is 356 g/mol. The summed E-state index contributed by atoms with van der Waals surface area (Å²) in [5.41, 5.74) is 0.796. The van der Waals surface area contributed by atoms with Crippen LogP contribution in [0.4, 0.5) is 11.6 Å². The third kappa shape index (κ3) is 4.16. The van der Waals surface area contributed by atoms with Crippen molar-refractivity contribution in [3.63, 3.8) is 0 Å². The minimum absolute atomic E-state index is 0.345. The average Bonchev–Trinajstić information content (AvgIpc) is 3.16. The standard InChI is InChI=1S/C18H21ClN4O3/c1-25-15-8-14(16(26-2)7-13(15)19)23-17(24)11-9-20-18(21-10-11)22-12-5-3-4-6-12/h7-10,12H,3-6H2,1-2H3,(H,23,24)(H,20,21,22). The minimum Gasteiger partial charge on any atom is -0.495 e. The van der Waals surface area contributed by atoms with Crippen LogP contribution in [-0.2, 0) is 0 Å². The second-order valence-corrected chi connectivity index (χ2v) is 6.47. The van der Waals surface area contributed by atoms with Gasteiger partial charge in [0, 0.05) is 30.6 Å². The van der Waals surface area contributed by atoms with E-state index in [4.69, 9.17) is 21.1 Å². The molecule has 138 valence electrons. The zero-order valence-corrected chi connectivity index (χ0v) is 15.5. The zero-order valence-electron chi connectivity index (χ0n) is 14.7. The Bertz CT molecular complexity index is 777. The molecule has 0 aliphatic heterocycles. The number of methoxy groups -OCH3 is 2. The summed E-state index contributed by atoms with van der Waals surface area (Å²) in [6, 6.07) is 3.61. The van der Waals surface area contributed by atoms with Crippen molar-refractivity contribution in [2.75, 3.05) is 24.9 Å². The van der Waals surface area contributed by atoms with Gasteiger partial charge < -0.3 is 20.1 Å². The number of halogens is 1. The number of nitrogens with one attached hydrogen (secondary N) is 2. The number of ether oxygens (including phenoxy) is 2. The molecule has 1 heterocycles. The lowest BCUT2D eigenvalue weighted by Crippen LogP contribution is -2.18. The molecule has 26 heavy (non-hydrogen) atoms. The molecule has 8 heteroatoms. The predicted octanol–water partition coefficient (Wildman–Crippen LogP) is 3.75. The molecule has 1 aliphatic rings. The van der Waals surface area contributed by atoms with Crippen LogP contribution in [0, 0.1) is 0 Å². The number of carbonyl (C=O) groups excluding carboxylic acids is 1. The molecule has 7 nitrogen and oxygen atoms in total. The summed E-state index contributed by atoms with van der Waals surface area (Å²) in [5, 5.41) is 6.46. The van der Waals surface area contributed by atoms with Gasteiger partial charge in [0.2, 0.25) is 5.95 Å². The van der Waals surface area contributed by atoms with Crippen molar-refractivity contribution >= 4 is 29.1 Å². The van der Waals surface area contributed by atoms with Gasteiger partial charge in [0.1, 0.15) is 11.5 Å². The lowest BCUT2D eigenvalue weighted by Gasteiger charge is -2.14. The van der Waals surface area contributed by atoms with Gasteiger partial charge in [0.15, 0.2) is 0 Å². The normalized spacial score (nSPS) is 14.1. The second kappa shape index (κ2) is 8.23. The quantitative estimate of drug-likeness (QED) is 0.798. The molecule has 0 unspecified atom stereocenters. The Hall–Kier alpha value is -2.54. The first-order valence-corrected chi connectivity index (χ1v) is 8.80. The molecule has 2 N–H and O–H groups in total. The SMILES string of the molecule is COc1cc(NC(=O)c2cnc(NC3CCCC3)nc2)c(OC)cc1Cl. The van der Waals surface area contributed by atoms with Crippen LogP contribution in [0.5, 0.6) is 11.5 Å². The smallest absolute Gasteiger partial charge is 0.258 e. The molecule has 2 aromatic rings. The van der Waals surface area contributed by atoms with Gasteiger partial charge in [-0.25, -0.2) is 9.97 Å². The molecule has 1 aliphatic carbocycles. The van der Waals surface area contributed by atoms with E-state index >= 15 is 0 Å². The Morgan fingerprint density at radius 3 is 2.38 bits per heavy atom. The van der Waals surface area contributed by atoms with E-state index in [1.54, 1.807) is 12.1 Å². The van der Waals surface area contributed by atoms with Crippen LogP contribution >= 0.6 is 11.6 Å². The van der Waals surface area contributed by atoms with Crippen molar-refractivity contribution in [1.29, 1.82) is 0 Å². The van der Waals surface area contributed by atoms with Crippen molar-refractivity contribution in [1.82, 2.24) is 9.97 Å². The number of rotatable bonds is 6. The molecule has 0 radical (unpaired) electrons. The first-order chi connectivity index (χ1) is 12.6. The Labute approximate surface area is 157 Å². The van der Waals surface area contributed by atoms with Gasteiger partial charge in [-0.1, -0.05) is 24.4 Å². The molecule has 1 aromatic heterocycles. The first-order valence-electron chi connectivity index (χ1n) is 8.42. The zero-order chi connectivity index (χ0) is 18.5. The topological polar surface area (TPSA) is 85.4 Å². The van der Waals surface area contributed by atoms with Crippen LogP contribution in [0.1, 0.15) is 36.0 Å². The van der Waals surface area contributed by atoms with Crippen LogP contribution < -0.4 is 20.1 Å². The minimum atomic E-state index is -0.347. The van der Waals surface area contributed by atoms with Gasteiger partial charge in [-0.3, -0.25) is 4.79 Å². The number of anilines is 2. The maximum absolute atomic E-state index is 12.5. The van der Waals surface area contributed by atoms with Gasteiger partial charge in [0.25, 0.3) is 5.91 Å². The summed E-state index contributed by atoms with van der Waals surface area (Å²) in [6.07, 6.45) is 7.71. The van der Waals surface area contributed by atoms with Gasteiger partial charge in [0.05, 0.1) is 30.5 Å². The maximum Gasteiger partial charge on any atom is 0.258 e. The Balaban J connectivity index is 1.71. The lowest BCUT2D eigenvalue weighted by molar-refractivity contribution is 0.102. The molecule has 0 spiro atoms. The Morgan fingerprint density at radius 2 is 1.77 bits per heavy atom. The number of hydrogen-bond donors (Lipinski definition) is 2. The van der Waals surface area contributed by atoms with E-state index in [1.807, 2.05) is 0 Å². The van der Waals surface area contributed by atoms with E-state index in [2.05, 4.69) is 20.6 Å². The summed E-state index contributed by atoms with van der Waals surface area (Å²) < 4.78 is 10.4. The predicted molar refractivity (Wildman–Crippen MR) is 100 cm³/mol. The molecule has 1 amide bonds. The summed E-state index contributed by atoms with van der Waals surface area (Å²) in [4.78, 5) is 21.0. The van der Waals surface area contributed by atoms with Crippen molar-refractivity contribution in [2.45, 2.75) is 31.7 Å². The van der Waals surface area contributed by atoms with Crippen molar-refractivity contribution in [2.24, 2.45) is 0 Å². The largest absolute Gasteiger partial charge is 0.495 e. The van der Waals surface area contributed by atoms with Gasteiger partial charge in [-0.2, -0.15) is 0 Å². The van der Waals surface area contributed by atoms with E-state index in [1.165, 1.54) is 39.5 Å². The molecule has 0 saturated heterocycles. The highest BCUT2D eigenvalue weighted by Crippen LogP contribution is 2.36. The van der Waals surface area contributed by atoms with E-state index < -0.39 is 0 Å². The molecule has 1 aromatic carbocycles. The van der Waals surface area contributed by atoms with Gasteiger partial charge >= 0.3 is 0 Å². The highest BCUT2D eigenvalue weighted by Gasteiger charge is 2.17. The van der Waals surface area contributed by atoms with E-state index in [-0.39, 0.29) is 5.91 Å². The summed E-state index contributed by atoms with van der Waals surface area (Å²) in [6.45, 7) is 0. The lowest BCUT2D eigenvalue weighted by atomic mass is 10.2. The van der Waals surface area contributed by atoms with Crippen molar-refractivity contribution < 1.29 is 14.3 Å². The number of nitrogens with zero attached hydrogens (tertiary/aromatic N) is 2. The fourth-order valence-corrected chi connectivity index (χ4v) is 3.16. The third-order valence-corrected chi connectivity index (χ3v) is 4.62. The molecule has 1 saturated carbocycles. The van der Waals surface area contributed by atoms with Gasteiger partial charge in [-0.05, 0) is 12.8 Å². The highest BCUT2D eigenvalue weighted by molar-refractivity contribution is 6.32. The van der Waals surface area contributed by atoms with Crippen LogP contribution in [0.3, 0.4) is 0 Å². The molecule has 3 rings (SSSR count). The monoisotopic (exact) mass is 376 g/mol. The van der Waals surface area contributed by atoms with Crippen LogP contribution in [0.15, 0.2) is 24.5 Å². The molecule has 0 atom stereocenters. The van der Waals surface area contributed by atoms with Crippen LogP contribution in [-0.4, -0.2) is 36.1 Å². The molecular formula is C18H21ClN4O3. The number of carbonyl (C=O) groups is 1. The van der Waals surface area contributed by atoms with E-state index in [0.29, 0.717) is 39.8 Å². The summed E-state index contributed by atoms with van der Waals surface area (Å²) >= 11 is 6.08. The molecule has 1 fully saturated rings. The van der Waals surface area contributed by atoms with E-state index in [9.17, 15) is 4.79 Å². The Morgan fingerprint density at radius 1 is 1.12 bits per heavy atom.